The van der Waals surface area contributed by atoms with E-state index in [0.717, 1.165) is 11.8 Å². The largest absolute Gasteiger partial charge is 0.298 e. The van der Waals surface area contributed by atoms with Crippen molar-refractivity contribution >= 4 is 6.29 Å². The van der Waals surface area contributed by atoms with Crippen LogP contribution in [-0.2, 0) is 0 Å². The van der Waals surface area contributed by atoms with Crippen molar-refractivity contribution in [3.63, 3.8) is 0 Å². The number of hydrogen-bond donors (Lipinski definition) is 0. The van der Waals surface area contributed by atoms with Gasteiger partial charge in [0.1, 0.15) is 6.29 Å². The maximum atomic E-state index is 10.0. The predicted octanol–water partition coefficient (Wildman–Crippen LogP) is 2.08. The normalized spacial score (nSPS) is 7.40. The van der Waals surface area contributed by atoms with E-state index < -0.39 is 0 Å². The number of hydrogen-bond acceptors (Lipinski definition) is 1. The molecule has 54 valence electrons. The first-order chi connectivity index (χ1) is 4.93. The van der Waals surface area contributed by atoms with Gasteiger partial charge in [-0.15, -0.1) is 0 Å². The number of rotatable bonds is 1. The Morgan fingerprint density at radius 3 is 2.00 bits per heavy atom. The van der Waals surface area contributed by atoms with Crippen molar-refractivity contribution in [3.05, 3.63) is 35.9 Å². The van der Waals surface area contributed by atoms with Crippen LogP contribution in [0.15, 0.2) is 30.3 Å². The molecule has 1 aromatic carbocycles. The SMILES string of the molecule is C[18F].O=Cc1ccccc1. The lowest BCUT2D eigenvalue weighted by Crippen LogP contribution is -1.73. The van der Waals surface area contributed by atoms with Crippen molar-refractivity contribution in [2.75, 3.05) is 7.18 Å². The summed E-state index contributed by atoms with van der Waals surface area (Å²) >= 11 is 0. The average molecular weight is 139 g/mol. The molecule has 0 aliphatic heterocycles. The Hall–Kier alpha value is -1.18. The molecular formula is C8H9FO. The number of carbonyl (C=O) groups is 1. The van der Waals surface area contributed by atoms with Gasteiger partial charge < -0.3 is 0 Å². The number of carbonyl (C=O) groups excluding carboxylic acids is 1. The zero-order valence-electron chi connectivity index (χ0n) is 5.75. The van der Waals surface area contributed by atoms with E-state index in [4.69, 9.17) is 0 Å². The first-order valence-electron chi connectivity index (χ1n) is 2.81. The van der Waals surface area contributed by atoms with E-state index in [9.17, 15) is 9.18 Å². The molecule has 0 bridgehead atoms. The molecule has 0 aromatic heterocycles. The van der Waals surface area contributed by atoms with Crippen LogP contribution in [-0.4, -0.2) is 13.5 Å². The minimum absolute atomic E-state index is 0.500. The molecule has 0 unspecified atom stereocenters. The lowest BCUT2D eigenvalue weighted by molar-refractivity contribution is 0.112. The number of benzene rings is 1. The monoisotopic (exact) mass is 139 g/mol. The molecule has 0 spiro atoms. The van der Waals surface area contributed by atoms with Crippen molar-refractivity contribution in [1.29, 1.82) is 0 Å². The smallest absolute Gasteiger partial charge is 0.150 e. The number of alkyl halides is 1. The Morgan fingerprint density at radius 1 is 1.20 bits per heavy atom. The summed E-state index contributed by atoms with van der Waals surface area (Å²) in [5, 5.41) is 0. The highest BCUT2D eigenvalue weighted by Crippen LogP contribution is 1.91. The van der Waals surface area contributed by atoms with Gasteiger partial charge in [0.25, 0.3) is 0 Å². The van der Waals surface area contributed by atoms with Gasteiger partial charge in [-0.1, -0.05) is 30.3 Å². The molecule has 10 heavy (non-hydrogen) atoms. The zero-order valence-corrected chi connectivity index (χ0v) is 5.75. The molecule has 0 atom stereocenters. The van der Waals surface area contributed by atoms with Crippen LogP contribution in [0.2, 0.25) is 0 Å². The summed E-state index contributed by atoms with van der Waals surface area (Å²) in [6.45, 7) is 0. The van der Waals surface area contributed by atoms with Crippen LogP contribution in [0.5, 0.6) is 0 Å². The molecule has 2 heteroatoms. The Bertz CT molecular complexity index is 172. The molecule has 0 fully saturated rings. The maximum absolute atomic E-state index is 10.0. The molecule has 1 rings (SSSR count). The molecule has 0 radical (unpaired) electrons. The molecule has 0 aliphatic carbocycles. The molecule has 0 aliphatic rings. The highest BCUT2D eigenvalue weighted by Gasteiger charge is 1.79. The summed E-state index contributed by atoms with van der Waals surface area (Å²) < 4.78 is 9.50. The Balaban J connectivity index is 0.000000371. The van der Waals surface area contributed by atoms with Crippen molar-refractivity contribution in [2.45, 2.75) is 0 Å². The van der Waals surface area contributed by atoms with Crippen LogP contribution in [0.1, 0.15) is 10.4 Å². The minimum Gasteiger partial charge on any atom is -0.298 e. The third-order valence-corrected chi connectivity index (χ3v) is 0.936. The fraction of sp³-hybridized carbons (Fsp3) is 0.125. The van der Waals surface area contributed by atoms with E-state index in [-0.39, 0.29) is 0 Å². The summed E-state index contributed by atoms with van der Waals surface area (Å²) in [7, 11) is 0.500. The second kappa shape index (κ2) is 5.95. The molecule has 0 N–H and O–H groups in total. The van der Waals surface area contributed by atoms with Gasteiger partial charge in [0, 0.05) is 5.56 Å². The van der Waals surface area contributed by atoms with Gasteiger partial charge in [0.2, 0.25) is 0 Å². The average Bonchev–Trinajstić information content (AvgIpc) is 2.10. The molecular weight excluding hydrogens is 130 g/mol. The van der Waals surface area contributed by atoms with Gasteiger partial charge in [0.15, 0.2) is 0 Å². The van der Waals surface area contributed by atoms with E-state index in [0.29, 0.717) is 7.18 Å². The van der Waals surface area contributed by atoms with Gasteiger partial charge in [0.05, 0.1) is 7.18 Å². The quantitative estimate of drug-likeness (QED) is 0.544. The predicted molar refractivity (Wildman–Crippen MR) is 38.9 cm³/mol. The van der Waals surface area contributed by atoms with Crippen LogP contribution < -0.4 is 0 Å². The fourth-order valence-electron chi connectivity index (χ4n) is 0.532. The van der Waals surface area contributed by atoms with Gasteiger partial charge in [-0.3, -0.25) is 9.18 Å². The molecule has 1 nitrogen and oxygen atoms in total. The second-order valence-electron chi connectivity index (χ2n) is 1.53. The third-order valence-electron chi connectivity index (χ3n) is 0.936. The minimum atomic E-state index is 0.500. The Kier molecular flexibility index (Phi) is 5.25. The highest BCUT2D eigenvalue weighted by molar-refractivity contribution is 5.74. The van der Waals surface area contributed by atoms with Crippen LogP contribution in [0.25, 0.3) is 0 Å². The summed E-state index contributed by atoms with van der Waals surface area (Å²) in [5.74, 6) is 0. The summed E-state index contributed by atoms with van der Waals surface area (Å²) in [6, 6.07) is 9.10. The maximum Gasteiger partial charge on any atom is 0.150 e. The Morgan fingerprint density at radius 2 is 1.70 bits per heavy atom. The molecule has 0 amide bonds. The first-order valence-corrected chi connectivity index (χ1v) is 2.81. The summed E-state index contributed by atoms with van der Waals surface area (Å²) in [4.78, 5) is 10.0. The summed E-state index contributed by atoms with van der Waals surface area (Å²) in [5.41, 5.74) is 0.729. The second-order valence-corrected chi connectivity index (χ2v) is 1.53. The molecule has 1 aromatic rings. The van der Waals surface area contributed by atoms with Gasteiger partial charge in [-0.05, 0) is 0 Å². The highest BCUT2D eigenvalue weighted by atomic mass is 18.2. The summed E-state index contributed by atoms with van der Waals surface area (Å²) in [6.07, 6.45) is 0.833. The van der Waals surface area contributed by atoms with E-state index in [1.165, 1.54) is 0 Å². The number of halogens is 1. The van der Waals surface area contributed by atoms with Crippen LogP contribution >= 0.6 is 0 Å². The van der Waals surface area contributed by atoms with Crippen LogP contribution in [0, 0.1) is 0 Å². The van der Waals surface area contributed by atoms with E-state index >= 15 is 0 Å². The lowest BCUT2D eigenvalue weighted by atomic mass is 10.2. The first kappa shape index (κ1) is 8.82. The lowest BCUT2D eigenvalue weighted by Gasteiger charge is -1.81. The topological polar surface area (TPSA) is 17.1 Å². The van der Waals surface area contributed by atoms with Gasteiger partial charge >= 0.3 is 0 Å². The van der Waals surface area contributed by atoms with E-state index in [1.807, 2.05) is 18.2 Å². The molecule has 0 saturated carbocycles. The molecule has 0 saturated heterocycles. The zero-order chi connectivity index (χ0) is 7.82. The van der Waals surface area contributed by atoms with Crippen molar-refractivity contribution in [1.82, 2.24) is 0 Å². The molecule has 0 heterocycles. The van der Waals surface area contributed by atoms with Gasteiger partial charge in [-0.2, -0.15) is 0 Å². The van der Waals surface area contributed by atoms with Gasteiger partial charge in [-0.25, -0.2) is 0 Å². The standard InChI is InChI=1S/C7H6O.CH3F/c8-6-7-4-2-1-3-5-7;1-2/h1-6H;1H3/i;2-1. The van der Waals surface area contributed by atoms with Crippen molar-refractivity contribution < 1.29 is 9.18 Å². The van der Waals surface area contributed by atoms with E-state index in [2.05, 4.69) is 0 Å². The Labute approximate surface area is 59.5 Å². The number of aldehydes is 1. The van der Waals surface area contributed by atoms with Crippen molar-refractivity contribution in [2.24, 2.45) is 0 Å². The van der Waals surface area contributed by atoms with Crippen LogP contribution in [0.4, 0.5) is 4.39 Å². The fourth-order valence-corrected chi connectivity index (χ4v) is 0.532. The van der Waals surface area contributed by atoms with Crippen LogP contribution in [0.3, 0.4) is 0 Å². The van der Waals surface area contributed by atoms with E-state index in [1.54, 1.807) is 12.1 Å². The van der Waals surface area contributed by atoms with Crippen molar-refractivity contribution in [3.8, 4) is 0 Å². The third kappa shape index (κ3) is 2.97.